The maximum atomic E-state index is 12.9. The molecule has 0 amide bonds. The molecule has 6 heteroatoms. The van der Waals surface area contributed by atoms with E-state index in [1.807, 2.05) is 0 Å². The van der Waals surface area contributed by atoms with Crippen molar-refractivity contribution in [2.24, 2.45) is 0 Å². The molecular formula is C7H5BrF3NO. The SMILES string of the molecule is COc1cc(F)c(Br)c(C(F)F)n1. The molecule has 0 aliphatic rings. The highest BCUT2D eigenvalue weighted by Crippen LogP contribution is 2.29. The topological polar surface area (TPSA) is 22.1 Å². The number of methoxy groups -OCH3 is 1. The van der Waals surface area contributed by atoms with E-state index in [0.29, 0.717) is 0 Å². The molecule has 0 saturated carbocycles. The standard InChI is InChI=1S/C7H5BrF3NO/c1-13-4-2-3(9)5(8)6(12-4)7(10)11/h2,7H,1H3. The second-order valence-corrected chi connectivity index (χ2v) is 2.94. The van der Waals surface area contributed by atoms with Crippen LogP contribution >= 0.6 is 15.9 Å². The first-order valence-corrected chi connectivity index (χ1v) is 4.03. The zero-order valence-electron chi connectivity index (χ0n) is 6.52. The zero-order valence-corrected chi connectivity index (χ0v) is 8.11. The summed E-state index contributed by atoms with van der Waals surface area (Å²) in [7, 11) is 1.23. The van der Waals surface area contributed by atoms with E-state index in [1.54, 1.807) is 0 Å². The monoisotopic (exact) mass is 255 g/mol. The van der Waals surface area contributed by atoms with Crippen molar-refractivity contribution >= 4 is 15.9 Å². The fourth-order valence-corrected chi connectivity index (χ4v) is 1.12. The summed E-state index contributed by atoms with van der Waals surface area (Å²) in [6.07, 6.45) is -2.83. The van der Waals surface area contributed by atoms with Crippen molar-refractivity contribution in [1.82, 2.24) is 4.98 Å². The van der Waals surface area contributed by atoms with Crippen LogP contribution < -0.4 is 4.74 Å². The molecule has 2 nitrogen and oxygen atoms in total. The van der Waals surface area contributed by atoms with Crippen LogP contribution in [0.5, 0.6) is 5.88 Å². The van der Waals surface area contributed by atoms with Crippen LogP contribution in [-0.4, -0.2) is 12.1 Å². The summed E-state index contributed by atoms with van der Waals surface area (Å²) in [5.74, 6) is -0.988. The lowest BCUT2D eigenvalue weighted by Gasteiger charge is -2.05. The first kappa shape index (κ1) is 10.3. The van der Waals surface area contributed by atoms with E-state index in [1.165, 1.54) is 7.11 Å². The van der Waals surface area contributed by atoms with Crippen molar-refractivity contribution in [2.75, 3.05) is 7.11 Å². The number of ether oxygens (including phenoxy) is 1. The van der Waals surface area contributed by atoms with Gasteiger partial charge in [-0.1, -0.05) is 0 Å². The van der Waals surface area contributed by atoms with Gasteiger partial charge in [-0.25, -0.2) is 18.2 Å². The number of nitrogens with zero attached hydrogens (tertiary/aromatic N) is 1. The number of alkyl halides is 2. The second kappa shape index (κ2) is 3.95. The van der Waals surface area contributed by atoms with Crippen LogP contribution in [0.25, 0.3) is 0 Å². The largest absolute Gasteiger partial charge is 0.481 e. The summed E-state index contributed by atoms with van der Waals surface area (Å²) in [4.78, 5) is 3.39. The first-order chi connectivity index (χ1) is 6.06. The molecule has 0 unspecified atom stereocenters. The summed E-state index contributed by atoms with van der Waals surface area (Å²) in [5, 5.41) is 0. The summed E-state index contributed by atoms with van der Waals surface area (Å²) < 4.78 is 41.5. The summed E-state index contributed by atoms with van der Waals surface area (Å²) in [5.41, 5.74) is -0.656. The quantitative estimate of drug-likeness (QED) is 0.811. The van der Waals surface area contributed by atoms with Crippen molar-refractivity contribution in [3.05, 3.63) is 22.1 Å². The zero-order chi connectivity index (χ0) is 10.0. The molecule has 0 radical (unpaired) electrons. The van der Waals surface area contributed by atoms with Gasteiger partial charge in [0.05, 0.1) is 11.6 Å². The lowest BCUT2D eigenvalue weighted by Crippen LogP contribution is -1.98. The molecule has 0 aromatic carbocycles. The minimum atomic E-state index is -2.83. The van der Waals surface area contributed by atoms with Gasteiger partial charge in [0.1, 0.15) is 11.5 Å². The Bertz CT molecular complexity index is 319. The van der Waals surface area contributed by atoms with Crippen molar-refractivity contribution in [2.45, 2.75) is 6.43 Å². The van der Waals surface area contributed by atoms with Crippen LogP contribution in [-0.2, 0) is 0 Å². The molecule has 0 aliphatic carbocycles. The summed E-state index contributed by atoms with van der Waals surface area (Å²) in [6.45, 7) is 0. The number of rotatable bonds is 2. The highest BCUT2D eigenvalue weighted by atomic mass is 79.9. The smallest absolute Gasteiger partial charge is 0.281 e. The molecule has 1 rings (SSSR count). The number of hydrogen-bond donors (Lipinski definition) is 0. The molecule has 72 valence electrons. The average Bonchev–Trinajstić information content (AvgIpc) is 2.09. The molecule has 1 aromatic rings. The van der Waals surface area contributed by atoms with Gasteiger partial charge in [-0.3, -0.25) is 0 Å². The molecule has 0 bridgehead atoms. The van der Waals surface area contributed by atoms with Gasteiger partial charge in [0.2, 0.25) is 5.88 Å². The lowest BCUT2D eigenvalue weighted by molar-refractivity contribution is 0.143. The second-order valence-electron chi connectivity index (χ2n) is 2.15. The van der Waals surface area contributed by atoms with Gasteiger partial charge in [-0.15, -0.1) is 0 Å². The number of hydrogen-bond acceptors (Lipinski definition) is 2. The predicted molar refractivity (Wildman–Crippen MR) is 43.4 cm³/mol. The third-order valence-corrected chi connectivity index (χ3v) is 2.12. The first-order valence-electron chi connectivity index (χ1n) is 3.24. The number of pyridine rings is 1. The highest BCUT2D eigenvalue weighted by Gasteiger charge is 2.18. The van der Waals surface area contributed by atoms with E-state index in [-0.39, 0.29) is 10.4 Å². The van der Waals surface area contributed by atoms with E-state index in [9.17, 15) is 13.2 Å². The molecule has 0 atom stereocenters. The van der Waals surface area contributed by atoms with Crippen LogP contribution in [0.2, 0.25) is 0 Å². The Kier molecular flexibility index (Phi) is 3.13. The maximum Gasteiger partial charge on any atom is 0.281 e. The van der Waals surface area contributed by atoms with Crippen LogP contribution in [0.3, 0.4) is 0 Å². The van der Waals surface area contributed by atoms with Crippen molar-refractivity contribution in [1.29, 1.82) is 0 Å². The fraction of sp³-hybridized carbons (Fsp3) is 0.286. The van der Waals surface area contributed by atoms with Crippen LogP contribution in [0.4, 0.5) is 13.2 Å². The summed E-state index contributed by atoms with van der Waals surface area (Å²) in [6, 6.07) is 0.927. The average molecular weight is 256 g/mol. The number of halogens is 4. The number of aromatic nitrogens is 1. The Labute approximate surface area is 80.9 Å². The Morgan fingerprint density at radius 3 is 2.62 bits per heavy atom. The minimum Gasteiger partial charge on any atom is -0.481 e. The van der Waals surface area contributed by atoms with Gasteiger partial charge in [0, 0.05) is 6.07 Å². The Morgan fingerprint density at radius 1 is 1.54 bits per heavy atom. The molecule has 13 heavy (non-hydrogen) atoms. The summed E-state index contributed by atoms with van der Waals surface area (Å²) >= 11 is 2.67. The maximum absolute atomic E-state index is 12.9. The van der Waals surface area contributed by atoms with Crippen LogP contribution in [0.1, 0.15) is 12.1 Å². The molecule has 0 N–H and O–H groups in total. The van der Waals surface area contributed by atoms with Gasteiger partial charge in [-0.2, -0.15) is 0 Å². The molecule has 1 heterocycles. The minimum absolute atomic E-state index is 0.170. The van der Waals surface area contributed by atoms with Crippen molar-refractivity contribution in [3.63, 3.8) is 0 Å². The third-order valence-electron chi connectivity index (χ3n) is 1.33. The van der Waals surface area contributed by atoms with Crippen molar-refractivity contribution < 1.29 is 17.9 Å². The van der Waals surface area contributed by atoms with Gasteiger partial charge in [0.25, 0.3) is 6.43 Å². The molecule has 0 saturated heterocycles. The van der Waals surface area contributed by atoms with Gasteiger partial charge in [-0.05, 0) is 15.9 Å². The lowest BCUT2D eigenvalue weighted by atomic mass is 10.3. The van der Waals surface area contributed by atoms with E-state index in [0.717, 1.165) is 6.07 Å². The van der Waals surface area contributed by atoms with E-state index < -0.39 is 17.9 Å². The fourth-order valence-electron chi connectivity index (χ4n) is 0.743. The molecule has 1 aromatic heterocycles. The normalized spacial score (nSPS) is 10.6. The van der Waals surface area contributed by atoms with Crippen LogP contribution in [0.15, 0.2) is 10.5 Å². The van der Waals surface area contributed by atoms with Gasteiger partial charge in [0.15, 0.2) is 0 Å². The van der Waals surface area contributed by atoms with E-state index in [4.69, 9.17) is 0 Å². The molecular weight excluding hydrogens is 251 g/mol. The highest BCUT2D eigenvalue weighted by molar-refractivity contribution is 9.10. The van der Waals surface area contributed by atoms with Crippen molar-refractivity contribution in [3.8, 4) is 5.88 Å². The van der Waals surface area contributed by atoms with Gasteiger partial charge < -0.3 is 4.74 Å². The van der Waals surface area contributed by atoms with E-state index >= 15 is 0 Å². The Hall–Kier alpha value is -0.780. The predicted octanol–water partition coefficient (Wildman–Crippen LogP) is 2.93. The molecule has 0 spiro atoms. The van der Waals surface area contributed by atoms with Gasteiger partial charge >= 0.3 is 0 Å². The molecule has 0 fully saturated rings. The molecule has 0 aliphatic heterocycles. The Balaban J connectivity index is 3.25. The van der Waals surface area contributed by atoms with E-state index in [2.05, 4.69) is 25.7 Å². The third kappa shape index (κ3) is 2.12. The van der Waals surface area contributed by atoms with Crippen LogP contribution in [0, 0.1) is 5.82 Å². The Morgan fingerprint density at radius 2 is 2.15 bits per heavy atom.